The van der Waals surface area contributed by atoms with Crippen LogP contribution in [-0.2, 0) is 10.8 Å². The molecule has 0 radical (unpaired) electrons. The summed E-state index contributed by atoms with van der Waals surface area (Å²) in [7, 11) is 0. The van der Waals surface area contributed by atoms with Crippen molar-refractivity contribution in [3.63, 3.8) is 0 Å². The molecule has 0 aliphatic heterocycles. The van der Waals surface area contributed by atoms with Gasteiger partial charge in [0.2, 0.25) is 0 Å². The van der Waals surface area contributed by atoms with Crippen LogP contribution < -0.4 is 0 Å². The van der Waals surface area contributed by atoms with E-state index in [9.17, 15) is 0 Å². The molecular weight excluding hydrogens is 631 g/mol. The maximum Gasteiger partial charge on any atom is 0.164 e. The predicted octanol–water partition coefficient (Wildman–Crippen LogP) is 12.9. The van der Waals surface area contributed by atoms with E-state index in [1.54, 1.807) is 0 Å². The van der Waals surface area contributed by atoms with Gasteiger partial charge in [0.1, 0.15) is 0 Å². The van der Waals surface area contributed by atoms with Gasteiger partial charge in [-0.3, -0.25) is 0 Å². The normalized spacial score (nSPS) is 14.7. The third-order valence-electron chi connectivity index (χ3n) is 11.2. The average molecular weight is 672 g/mol. The van der Waals surface area contributed by atoms with Gasteiger partial charge in [0.25, 0.3) is 0 Å². The lowest BCUT2D eigenvalue weighted by Crippen LogP contribution is -2.33. The molecule has 52 heavy (non-hydrogen) atoms. The van der Waals surface area contributed by atoms with Crippen LogP contribution in [0.3, 0.4) is 0 Å². The first-order valence-corrected chi connectivity index (χ1v) is 18.3. The number of nitrogens with zero attached hydrogens (tertiary/aromatic N) is 3. The molecule has 0 unspecified atom stereocenters. The standard InChI is InChI=1S/C49H41N3/c1-48(2)29-30-49(3,4)44-31-36(25-28-43(44)48)37-17-11-18-38-39-19-12-20-42(41(39)27-26-40(37)38)47-51-45(34-15-9-6-10-16-34)50-46(52-47)35-23-21-33(22-24-35)32-13-7-5-8-14-32/h5-28,31H,29-30H2,1-4H3. The van der Waals surface area contributed by atoms with Gasteiger partial charge in [-0.15, -0.1) is 0 Å². The molecule has 0 atom stereocenters. The minimum Gasteiger partial charge on any atom is -0.208 e. The Bertz CT molecular complexity index is 2600. The van der Waals surface area contributed by atoms with Gasteiger partial charge < -0.3 is 0 Å². The van der Waals surface area contributed by atoms with Crippen LogP contribution in [0.2, 0.25) is 0 Å². The molecule has 8 aromatic rings. The van der Waals surface area contributed by atoms with Crippen molar-refractivity contribution in [2.75, 3.05) is 0 Å². The van der Waals surface area contributed by atoms with Crippen molar-refractivity contribution in [2.24, 2.45) is 0 Å². The number of rotatable bonds is 5. The third-order valence-corrected chi connectivity index (χ3v) is 11.2. The first kappa shape index (κ1) is 32.0. The molecule has 1 aliphatic rings. The van der Waals surface area contributed by atoms with Crippen molar-refractivity contribution in [1.29, 1.82) is 0 Å². The second-order valence-corrected chi connectivity index (χ2v) is 15.5. The van der Waals surface area contributed by atoms with Crippen molar-refractivity contribution in [2.45, 2.75) is 51.4 Å². The summed E-state index contributed by atoms with van der Waals surface area (Å²) in [5.74, 6) is 1.98. The Balaban J connectivity index is 1.18. The molecule has 252 valence electrons. The number of aromatic nitrogens is 3. The van der Waals surface area contributed by atoms with Crippen LogP contribution in [0.25, 0.3) is 78.0 Å². The highest BCUT2D eigenvalue weighted by atomic mass is 15.0. The summed E-state index contributed by atoms with van der Waals surface area (Å²) in [5, 5.41) is 4.78. The highest BCUT2D eigenvalue weighted by Crippen LogP contribution is 2.47. The maximum absolute atomic E-state index is 5.14. The van der Waals surface area contributed by atoms with Crippen LogP contribution >= 0.6 is 0 Å². The Kier molecular flexibility index (Phi) is 7.62. The van der Waals surface area contributed by atoms with E-state index in [2.05, 4.69) is 155 Å². The molecule has 0 fully saturated rings. The van der Waals surface area contributed by atoms with E-state index in [1.165, 1.54) is 56.8 Å². The molecular formula is C49H41N3. The molecule has 0 saturated heterocycles. The SMILES string of the molecule is CC1(C)CCC(C)(C)c2cc(-c3cccc4c3ccc3c(-c5nc(-c6ccccc6)nc(-c6ccc(-c7ccccc7)cc6)n5)cccc34)ccc21. The van der Waals surface area contributed by atoms with E-state index in [0.29, 0.717) is 17.5 Å². The van der Waals surface area contributed by atoms with Crippen molar-refractivity contribution in [1.82, 2.24) is 15.0 Å². The number of benzene rings is 7. The third kappa shape index (κ3) is 5.58. The van der Waals surface area contributed by atoms with Crippen LogP contribution in [0.15, 0.2) is 152 Å². The Hall–Kier alpha value is -5.93. The van der Waals surface area contributed by atoms with Crippen molar-refractivity contribution in [3.05, 3.63) is 163 Å². The molecule has 3 nitrogen and oxygen atoms in total. The molecule has 0 saturated carbocycles. The summed E-state index contributed by atoms with van der Waals surface area (Å²) in [4.78, 5) is 15.2. The van der Waals surface area contributed by atoms with Crippen molar-refractivity contribution in [3.8, 4) is 56.4 Å². The predicted molar refractivity (Wildman–Crippen MR) is 217 cm³/mol. The molecule has 0 amide bonds. The fourth-order valence-corrected chi connectivity index (χ4v) is 8.11. The van der Waals surface area contributed by atoms with E-state index in [4.69, 9.17) is 15.0 Å². The zero-order chi connectivity index (χ0) is 35.5. The summed E-state index contributed by atoms with van der Waals surface area (Å²) in [5.41, 5.74) is 11.1. The zero-order valence-electron chi connectivity index (χ0n) is 30.2. The lowest BCUT2D eigenvalue weighted by atomic mass is 9.63. The van der Waals surface area contributed by atoms with Crippen LogP contribution in [0, 0.1) is 0 Å². The van der Waals surface area contributed by atoms with Gasteiger partial charge in [-0.25, -0.2) is 15.0 Å². The first-order valence-electron chi connectivity index (χ1n) is 18.3. The summed E-state index contributed by atoms with van der Waals surface area (Å²) >= 11 is 0. The van der Waals surface area contributed by atoms with Crippen LogP contribution in [0.5, 0.6) is 0 Å². The summed E-state index contributed by atoms with van der Waals surface area (Å²) < 4.78 is 0. The lowest BCUT2D eigenvalue weighted by Gasteiger charge is -2.42. The fraction of sp³-hybridized carbons (Fsp3) is 0.163. The molecule has 0 spiro atoms. The van der Waals surface area contributed by atoms with Gasteiger partial charge in [-0.2, -0.15) is 0 Å². The van der Waals surface area contributed by atoms with E-state index in [-0.39, 0.29) is 10.8 Å². The van der Waals surface area contributed by atoms with Gasteiger partial charge in [-0.05, 0) is 78.6 Å². The van der Waals surface area contributed by atoms with Gasteiger partial charge in [-0.1, -0.05) is 179 Å². The fourth-order valence-electron chi connectivity index (χ4n) is 8.11. The van der Waals surface area contributed by atoms with Gasteiger partial charge in [0, 0.05) is 16.7 Å². The quantitative estimate of drug-likeness (QED) is 0.171. The van der Waals surface area contributed by atoms with E-state index >= 15 is 0 Å². The van der Waals surface area contributed by atoms with Crippen molar-refractivity contribution >= 4 is 21.5 Å². The molecule has 1 heterocycles. The smallest absolute Gasteiger partial charge is 0.164 e. The monoisotopic (exact) mass is 671 g/mol. The van der Waals surface area contributed by atoms with Crippen LogP contribution in [-0.4, -0.2) is 15.0 Å². The van der Waals surface area contributed by atoms with Crippen molar-refractivity contribution < 1.29 is 0 Å². The Morgan fingerprint density at radius 2 is 0.808 bits per heavy atom. The second-order valence-electron chi connectivity index (χ2n) is 15.5. The summed E-state index contributed by atoms with van der Waals surface area (Å²) in [6, 6.07) is 54.1. The number of hydrogen-bond acceptors (Lipinski definition) is 3. The van der Waals surface area contributed by atoms with Gasteiger partial charge >= 0.3 is 0 Å². The van der Waals surface area contributed by atoms with Crippen LogP contribution in [0.4, 0.5) is 0 Å². The zero-order valence-corrected chi connectivity index (χ0v) is 30.2. The Morgan fingerprint density at radius 3 is 1.44 bits per heavy atom. The molecule has 7 aromatic carbocycles. The molecule has 0 bridgehead atoms. The minimum absolute atomic E-state index is 0.152. The Morgan fingerprint density at radius 1 is 0.346 bits per heavy atom. The lowest BCUT2D eigenvalue weighted by molar-refractivity contribution is 0.332. The van der Waals surface area contributed by atoms with E-state index in [0.717, 1.165) is 27.6 Å². The average Bonchev–Trinajstić information content (AvgIpc) is 3.19. The molecule has 9 rings (SSSR count). The molecule has 0 N–H and O–H groups in total. The number of fused-ring (bicyclic) bond motifs is 4. The highest BCUT2D eigenvalue weighted by Gasteiger charge is 2.37. The van der Waals surface area contributed by atoms with E-state index in [1.807, 2.05) is 24.3 Å². The van der Waals surface area contributed by atoms with Crippen LogP contribution in [0.1, 0.15) is 51.7 Å². The number of hydrogen-bond donors (Lipinski definition) is 0. The Labute approximate surface area is 306 Å². The topological polar surface area (TPSA) is 38.7 Å². The minimum atomic E-state index is 0.152. The summed E-state index contributed by atoms with van der Waals surface area (Å²) in [6.07, 6.45) is 2.41. The molecule has 3 heteroatoms. The first-order chi connectivity index (χ1) is 25.2. The molecule has 1 aromatic heterocycles. The van der Waals surface area contributed by atoms with Gasteiger partial charge in [0.15, 0.2) is 17.5 Å². The highest BCUT2D eigenvalue weighted by molar-refractivity contribution is 6.15. The summed E-state index contributed by atoms with van der Waals surface area (Å²) in [6.45, 7) is 9.58. The van der Waals surface area contributed by atoms with Gasteiger partial charge in [0.05, 0.1) is 0 Å². The molecule has 1 aliphatic carbocycles. The largest absolute Gasteiger partial charge is 0.208 e. The maximum atomic E-state index is 5.14. The second kappa shape index (κ2) is 12.4. The van der Waals surface area contributed by atoms with E-state index < -0.39 is 0 Å².